The lowest BCUT2D eigenvalue weighted by atomic mass is 10.00. The van der Waals surface area contributed by atoms with Gasteiger partial charge in [-0.25, -0.2) is 9.97 Å². The van der Waals surface area contributed by atoms with E-state index in [0.717, 1.165) is 44.3 Å². The maximum atomic E-state index is 5.27. The van der Waals surface area contributed by atoms with Gasteiger partial charge in [0.1, 0.15) is 0 Å². The Morgan fingerprint density at radius 3 is 1.72 bits per heavy atom. The average Bonchev–Trinajstić information content (AvgIpc) is 3.69. The van der Waals surface area contributed by atoms with Crippen molar-refractivity contribution < 1.29 is 0 Å². The summed E-state index contributed by atoms with van der Waals surface area (Å²) in [5, 5.41) is 7.41. The average molecular weight is 621 g/mol. The topological polar surface area (TPSA) is 25.8 Å². The zero-order chi connectivity index (χ0) is 30.2. The Morgan fingerprint density at radius 1 is 0.370 bits per heavy atom. The largest absolute Gasteiger partial charge is 0.245 e. The Bertz CT molecular complexity index is 2810. The first kappa shape index (κ1) is 25.9. The number of hydrogen-bond acceptors (Lipinski definition) is 4. The number of benzene rings is 6. The van der Waals surface area contributed by atoms with Crippen LogP contribution in [0.5, 0.6) is 0 Å². The molecule has 0 saturated carbocycles. The highest BCUT2D eigenvalue weighted by Gasteiger charge is 2.14. The van der Waals surface area contributed by atoms with E-state index in [1.165, 1.54) is 51.5 Å². The van der Waals surface area contributed by atoms with Crippen LogP contribution in [0, 0.1) is 0 Å². The van der Waals surface area contributed by atoms with Crippen molar-refractivity contribution in [2.75, 3.05) is 0 Å². The molecule has 0 bridgehead atoms. The number of rotatable bonds is 3. The first-order chi connectivity index (χ1) is 22.8. The Hall–Kier alpha value is -5.42. The van der Waals surface area contributed by atoms with Gasteiger partial charge in [0.05, 0.1) is 22.4 Å². The molecular formula is C42H24N2S2. The van der Waals surface area contributed by atoms with Gasteiger partial charge in [0.15, 0.2) is 0 Å². The van der Waals surface area contributed by atoms with Crippen LogP contribution in [0.4, 0.5) is 0 Å². The lowest BCUT2D eigenvalue weighted by molar-refractivity contribution is 1.37. The maximum Gasteiger partial charge on any atom is 0.0972 e. The molecule has 0 aliphatic heterocycles. The SMILES string of the molecule is c1ccc2c(c1)sc1ccc(-c3ccc(-c4ccc5ccc6ccc(-c7cccc8c7sc7ccccc78)nc6c5n4)cc3)cc12. The molecule has 0 fully saturated rings. The normalized spacial score (nSPS) is 11.9. The summed E-state index contributed by atoms with van der Waals surface area (Å²) in [5.74, 6) is 0. The molecule has 4 aromatic heterocycles. The van der Waals surface area contributed by atoms with Crippen LogP contribution in [0.3, 0.4) is 0 Å². The second-order valence-corrected chi connectivity index (χ2v) is 13.9. The van der Waals surface area contributed by atoms with E-state index < -0.39 is 0 Å². The van der Waals surface area contributed by atoms with Crippen molar-refractivity contribution in [3.63, 3.8) is 0 Å². The third kappa shape index (κ3) is 4.01. The highest BCUT2D eigenvalue weighted by atomic mass is 32.1. The van der Waals surface area contributed by atoms with Crippen molar-refractivity contribution in [3.8, 4) is 33.6 Å². The molecule has 6 aromatic carbocycles. The molecule has 46 heavy (non-hydrogen) atoms. The Morgan fingerprint density at radius 2 is 0.935 bits per heavy atom. The number of pyridine rings is 2. The summed E-state index contributed by atoms with van der Waals surface area (Å²) >= 11 is 3.69. The van der Waals surface area contributed by atoms with Crippen LogP contribution in [0.15, 0.2) is 146 Å². The molecule has 2 nitrogen and oxygen atoms in total. The standard InChI is InChI=1S/C42H24N2S2/c1-4-11-38-30(6-1)32-8-5-9-33(42(32)46-38)36-22-19-28-17-16-27-18-21-35(43-40(27)41(28)44-36)26-14-12-25(13-15-26)29-20-23-39-34(24-29)31-7-2-3-10-37(31)45-39/h1-24H. The third-order valence-corrected chi connectivity index (χ3v) is 11.5. The summed E-state index contributed by atoms with van der Waals surface area (Å²) in [5.41, 5.74) is 8.48. The molecule has 4 heteroatoms. The molecule has 0 aliphatic rings. The van der Waals surface area contributed by atoms with E-state index in [2.05, 4.69) is 146 Å². The smallest absolute Gasteiger partial charge is 0.0972 e. The highest BCUT2D eigenvalue weighted by molar-refractivity contribution is 7.26. The quantitative estimate of drug-likeness (QED) is 0.184. The Balaban J connectivity index is 1.06. The van der Waals surface area contributed by atoms with Crippen LogP contribution in [0.25, 0.3) is 95.8 Å². The zero-order valence-corrected chi connectivity index (χ0v) is 26.2. The molecule has 4 heterocycles. The van der Waals surface area contributed by atoms with Gasteiger partial charge >= 0.3 is 0 Å². The fourth-order valence-corrected chi connectivity index (χ4v) is 9.08. The van der Waals surface area contributed by atoms with Crippen LogP contribution in [0.1, 0.15) is 0 Å². The molecule has 0 saturated heterocycles. The minimum Gasteiger partial charge on any atom is -0.245 e. The fourth-order valence-electron chi connectivity index (χ4n) is 6.77. The molecule has 0 unspecified atom stereocenters. The van der Waals surface area contributed by atoms with Crippen molar-refractivity contribution in [1.29, 1.82) is 0 Å². The first-order valence-electron chi connectivity index (χ1n) is 15.4. The minimum absolute atomic E-state index is 0.930. The molecule has 10 aromatic rings. The van der Waals surface area contributed by atoms with Crippen LogP contribution >= 0.6 is 22.7 Å². The second-order valence-electron chi connectivity index (χ2n) is 11.8. The molecule has 0 atom stereocenters. The van der Waals surface area contributed by atoms with Gasteiger partial charge in [-0.15, -0.1) is 22.7 Å². The molecule has 0 radical (unpaired) electrons. The predicted molar refractivity (Wildman–Crippen MR) is 199 cm³/mol. The molecule has 0 amide bonds. The monoisotopic (exact) mass is 620 g/mol. The maximum absolute atomic E-state index is 5.27. The molecule has 0 aliphatic carbocycles. The lowest BCUT2D eigenvalue weighted by Gasteiger charge is -2.09. The highest BCUT2D eigenvalue weighted by Crippen LogP contribution is 2.40. The number of nitrogens with zero attached hydrogens (tertiary/aromatic N) is 2. The van der Waals surface area contributed by atoms with E-state index in [9.17, 15) is 0 Å². The Kier molecular flexibility index (Phi) is 5.65. The van der Waals surface area contributed by atoms with Gasteiger partial charge in [-0.1, -0.05) is 109 Å². The number of aromatic nitrogens is 2. The van der Waals surface area contributed by atoms with Gasteiger partial charge in [0, 0.05) is 62.2 Å². The first-order valence-corrected chi connectivity index (χ1v) is 17.0. The summed E-state index contributed by atoms with van der Waals surface area (Å²) in [4.78, 5) is 10.5. The van der Waals surface area contributed by atoms with Gasteiger partial charge in [-0.3, -0.25) is 0 Å². The summed E-state index contributed by atoms with van der Waals surface area (Å²) in [6, 6.07) is 52.4. The zero-order valence-electron chi connectivity index (χ0n) is 24.6. The summed E-state index contributed by atoms with van der Waals surface area (Å²) < 4.78 is 5.23. The summed E-state index contributed by atoms with van der Waals surface area (Å²) in [6.45, 7) is 0. The molecule has 0 N–H and O–H groups in total. The Labute approximate surface area is 272 Å². The van der Waals surface area contributed by atoms with E-state index in [1.54, 1.807) is 0 Å². The van der Waals surface area contributed by atoms with Crippen molar-refractivity contribution in [1.82, 2.24) is 9.97 Å². The number of thiophene rings is 2. The van der Waals surface area contributed by atoms with E-state index in [0.29, 0.717) is 0 Å². The van der Waals surface area contributed by atoms with Crippen LogP contribution in [0.2, 0.25) is 0 Å². The van der Waals surface area contributed by atoms with Crippen molar-refractivity contribution in [3.05, 3.63) is 146 Å². The van der Waals surface area contributed by atoms with Crippen LogP contribution in [-0.4, -0.2) is 9.97 Å². The van der Waals surface area contributed by atoms with Crippen molar-refractivity contribution in [2.24, 2.45) is 0 Å². The van der Waals surface area contributed by atoms with E-state index in [4.69, 9.17) is 9.97 Å². The van der Waals surface area contributed by atoms with E-state index >= 15 is 0 Å². The van der Waals surface area contributed by atoms with Gasteiger partial charge in [-0.2, -0.15) is 0 Å². The number of fused-ring (bicyclic) bond motifs is 9. The van der Waals surface area contributed by atoms with E-state index in [1.807, 2.05) is 22.7 Å². The lowest BCUT2D eigenvalue weighted by Crippen LogP contribution is -1.91. The molecule has 0 spiro atoms. The summed E-state index contributed by atoms with van der Waals surface area (Å²) in [7, 11) is 0. The summed E-state index contributed by atoms with van der Waals surface area (Å²) in [6.07, 6.45) is 0. The predicted octanol–water partition coefficient (Wildman–Crippen LogP) is 12.5. The molecule has 214 valence electrons. The molecular weight excluding hydrogens is 597 g/mol. The number of hydrogen-bond donors (Lipinski definition) is 0. The van der Waals surface area contributed by atoms with Crippen molar-refractivity contribution >= 4 is 84.8 Å². The van der Waals surface area contributed by atoms with Gasteiger partial charge < -0.3 is 0 Å². The van der Waals surface area contributed by atoms with Gasteiger partial charge in [-0.05, 0) is 47.5 Å². The van der Waals surface area contributed by atoms with Gasteiger partial charge in [0.25, 0.3) is 0 Å². The fraction of sp³-hybridized carbons (Fsp3) is 0. The van der Waals surface area contributed by atoms with Gasteiger partial charge in [0.2, 0.25) is 0 Å². The van der Waals surface area contributed by atoms with Crippen molar-refractivity contribution in [2.45, 2.75) is 0 Å². The van der Waals surface area contributed by atoms with Crippen LogP contribution < -0.4 is 0 Å². The van der Waals surface area contributed by atoms with Crippen LogP contribution in [-0.2, 0) is 0 Å². The minimum atomic E-state index is 0.930. The third-order valence-electron chi connectivity index (χ3n) is 9.09. The molecule has 10 rings (SSSR count). The second kappa shape index (κ2) is 10.0. The van der Waals surface area contributed by atoms with E-state index in [-0.39, 0.29) is 0 Å².